The molecule has 1 fully saturated rings. The van der Waals surface area contributed by atoms with Crippen molar-refractivity contribution in [1.29, 1.82) is 0 Å². The summed E-state index contributed by atoms with van der Waals surface area (Å²) in [4.78, 5) is 0. The number of unbranched alkanes of at least 4 members (excludes halogenated alkanes) is 3. The van der Waals surface area contributed by atoms with E-state index in [0.717, 1.165) is 25.7 Å². The molecular weight excluding hydrogens is 310 g/mol. The van der Waals surface area contributed by atoms with E-state index in [1.165, 1.54) is 0 Å². The van der Waals surface area contributed by atoms with Crippen molar-refractivity contribution < 1.29 is 18.3 Å². The summed E-state index contributed by atoms with van der Waals surface area (Å²) in [5.74, 6) is -0.0167. The van der Waals surface area contributed by atoms with Gasteiger partial charge in [0.1, 0.15) is 0 Å². The highest BCUT2D eigenvalue weighted by Crippen LogP contribution is 2.18. The maximum atomic E-state index is 11.4. The van der Waals surface area contributed by atoms with Gasteiger partial charge in [0.25, 0.3) is 5.17 Å². The fourth-order valence-corrected chi connectivity index (χ4v) is 4.65. The normalized spacial score (nSPS) is 25.2. The number of hydrogen-bond donors (Lipinski definition) is 2. The Bertz CT molecular complexity index is 388. The molecule has 19 heavy (non-hydrogen) atoms. The predicted molar refractivity (Wildman–Crippen MR) is 79.3 cm³/mol. The van der Waals surface area contributed by atoms with Crippen molar-refractivity contribution in [2.45, 2.75) is 37.1 Å². The third-order valence-corrected chi connectivity index (χ3v) is 5.48. The number of rotatable bonds is 7. The van der Waals surface area contributed by atoms with Crippen LogP contribution in [-0.2, 0) is 14.6 Å². The molecule has 0 bridgehead atoms. The first-order valence-corrected chi connectivity index (χ1v) is 9.00. The number of thiocarbonyl (C=S) groups is 1. The van der Waals surface area contributed by atoms with E-state index in [2.05, 4.69) is 5.32 Å². The second-order valence-electron chi connectivity index (χ2n) is 4.62. The van der Waals surface area contributed by atoms with Crippen molar-refractivity contribution in [3.63, 3.8) is 0 Å². The lowest BCUT2D eigenvalue weighted by atomic mass is 10.2. The molecule has 2 unspecified atom stereocenters. The summed E-state index contributed by atoms with van der Waals surface area (Å²) >= 11 is 10.9. The number of hydrogen-bond acceptors (Lipinski definition) is 5. The molecule has 0 aromatic carbocycles. The minimum atomic E-state index is -3.06. The minimum Gasteiger partial charge on any atom is -0.471 e. The summed E-state index contributed by atoms with van der Waals surface area (Å²) in [6.07, 6.45) is 3.59. The van der Waals surface area contributed by atoms with E-state index >= 15 is 0 Å². The van der Waals surface area contributed by atoms with Gasteiger partial charge >= 0.3 is 0 Å². The second kappa shape index (κ2) is 8.24. The number of aliphatic hydroxyl groups excluding tert-OH is 1. The first-order valence-electron chi connectivity index (χ1n) is 6.33. The van der Waals surface area contributed by atoms with E-state index < -0.39 is 15.2 Å². The van der Waals surface area contributed by atoms with Gasteiger partial charge in [0, 0.05) is 6.61 Å². The van der Waals surface area contributed by atoms with Gasteiger partial charge in [-0.05, 0) is 31.5 Å². The van der Waals surface area contributed by atoms with E-state index in [0.29, 0.717) is 6.61 Å². The highest BCUT2D eigenvalue weighted by Gasteiger charge is 2.36. The molecule has 1 saturated heterocycles. The first kappa shape index (κ1) is 16.9. The maximum absolute atomic E-state index is 11.4. The molecule has 1 heterocycles. The van der Waals surface area contributed by atoms with Crippen LogP contribution in [-0.4, -0.2) is 54.8 Å². The molecule has 0 spiro atoms. The monoisotopic (exact) mass is 329 g/mol. The summed E-state index contributed by atoms with van der Waals surface area (Å²) in [5.41, 5.74) is 0. The summed E-state index contributed by atoms with van der Waals surface area (Å²) in [7, 11) is -3.06. The standard InChI is InChI=1S/C11H20ClNO4S2/c12-9-7-19(15,16)8-10(9)13-11(18)17-6-4-2-1-3-5-14/h9-10,14H,1-8H2,(H,13,18). The lowest BCUT2D eigenvalue weighted by molar-refractivity contribution is 0.266. The molecule has 1 rings (SSSR count). The van der Waals surface area contributed by atoms with E-state index in [1.807, 2.05) is 0 Å². The number of nitrogens with one attached hydrogen (secondary N) is 1. The lowest BCUT2D eigenvalue weighted by Gasteiger charge is -2.16. The minimum absolute atomic E-state index is 0.00116. The van der Waals surface area contributed by atoms with Crippen molar-refractivity contribution in [3.8, 4) is 0 Å². The Kier molecular flexibility index (Phi) is 7.35. The van der Waals surface area contributed by atoms with Crippen molar-refractivity contribution in [2.24, 2.45) is 0 Å². The predicted octanol–water partition coefficient (Wildman–Crippen LogP) is 0.835. The van der Waals surface area contributed by atoms with Gasteiger partial charge in [0.05, 0.1) is 29.5 Å². The van der Waals surface area contributed by atoms with Gasteiger partial charge in [-0.1, -0.05) is 6.42 Å². The van der Waals surface area contributed by atoms with E-state index in [1.54, 1.807) is 0 Å². The SMILES string of the molecule is O=S1(=O)CC(Cl)C(NC(=S)OCCCCCCO)C1. The molecule has 0 aromatic rings. The summed E-state index contributed by atoms with van der Waals surface area (Å²) < 4.78 is 28.0. The molecular formula is C11H20ClNO4S2. The highest BCUT2D eigenvalue weighted by atomic mass is 35.5. The van der Waals surface area contributed by atoms with Crippen LogP contribution in [0, 0.1) is 0 Å². The van der Waals surface area contributed by atoms with Crippen LogP contribution in [0.25, 0.3) is 0 Å². The van der Waals surface area contributed by atoms with Crippen LogP contribution in [0.3, 0.4) is 0 Å². The zero-order valence-corrected chi connectivity index (χ0v) is 13.1. The fraction of sp³-hybridized carbons (Fsp3) is 0.909. The lowest BCUT2D eigenvalue weighted by Crippen LogP contribution is -2.40. The van der Waals surface area contributed by atoms with Crippen LogP contribution in [0.1, 0.15) is 25.7 Å². The number of sulfone groups is 1. The van der Waals surface area contributed by atoms with Gasteiger partial charge in [-0.15, -0.1) is 11.6 Å². The fourth-order valence-electron chi connectivity index (χ4n) is 1.86. The third kappa shape index (κ3) is 6.74. The largest absolute Gasteiger partial charge is 0.471 e. The molecule has 1 aliphatic rings. The summed E-state index contributed by atoms with van der Waals surface area (Å²) in [6, 6.07) is -0.367. The molecule has 2 atom stereocenters. The van der Waals surface area contributed by atoms with Crippen LogP contribution in [0.5, 0.6) is 0 Å². The Hall–Kier alpha value is -0.110. The molecule has 2 N–H and O–H groups in total. The first-order chi connectivity index (χ1) is 8.94. The topological polar surface area (TPSA) is 75.6 Å². The van der Waals surface area contributed by atoms with Gasteiger partial charge in [0.2, 0.25) is 0 Å². The van der Waals surface area contributed by atoms with Crippen LogP contribution >= 0.6 is 23.8 Å². The Labute approximate surface area is 124 Å². The molecule has 0 aliphatic carbocycles. The zero-order chi connectivity index (χ0) is 14.3. The average Bonchev–Trinajstić information content (AvgIpc) is 2.56. The van der Waals surface area contributed by atoms with Crippen LogP contribution in [0.2, 0.25) is 0 Å². The molecule has 8 heteroatoms. The number of aliphatic hydroxyl groups is 1. The second-order valence-corrected chi connectivity index (χ2v) is 7.70. The molecule has 0 aromatic heterocycles. The van der Waals surface area contributed by atoms with Gasteiger partial charge in [-0.2, -0.15) is 0 Å². The van der Waals surface area contributed by atoms with E-state index in [-0.39, 0.29) is 29.3 Å². The molecule has 112 valence electrons. The quantitative estimate of drug-likeness (QED) is 0.409. The van der Waals surface area contributed by atoms with E-state index in [4.69, 9.17) is 33.7 Å². The maximum Gasteiger partial charge on any atom is 0.256 e. The van der Waals surface area contributed by atoms with Gasteiger partial charge in [0.15, 0.2) is 9.84 Å². The molecule has 0 saturated carbocycles. The van der Waals surface area contributed by atoms with Gasteiger partial charge in [-0.25, -0.2) is 8.42 Å². The van der Waals surface area contributed by atoms with Crippen LogP contribution in [0.15, 0.2) is 0 Å². The Balaban J connectivity index is 2.14. The van der Waals surface area contributed by atoms with Crippen molar-refractivity contribution >= 4 is 38.8 Å². The molecule has 1 aliphatic heterocycles. The summed E-state index contributed by atoms with van der Waals surface area (Å²) in [5, 5.41) is 11.2. The zero-order valence-electron chi connectivity index (χ0n) is 10.7. The van der Waals surface area contributed by atoms with Crippen molar-refractivity contribution in [2.75, 3.05) is 24.7 Å². The van der Waals surface area contributed by atoms with Crippen molar-refractivity contribution in [3.05, 3.63) is 0 Å². The summed E-state index contributed by atoms with van der Waals surface area (Å²) in [6.45, 7) is 0.706. The number of halogens is 1. The molecule has 0 radical (unpaired) electrons. The van der Waals surface area contributed by atoms with E-state index in [9.17, 15) is 8.42 Å². The van der Waals surface area contributed by atoms with Gasteiger partial charge in [-0.3, -0.25) is 0 Å². The highest BCUT2D eigenvalue weighted by molar-refractivity contribution is 7.91. The third-order valence-electron chi connectivity index (χ3n) is 2.87. The Morgan fingerprint density at radius 2 is 2.00 bits per heavy atom. The smallest absolute Gasteiger partial charge is 0.256 e. The number of alkyl halides is 1. The Morgan fingerprint density at radius 1 is 1.32 bits per heavy atom. The van der Waals surface area contributed by atoms with Crippen molar-refractivity contribution in [1.82, 2.24) is 5.32 Å². The van der Waals surface area contributed by atoms with Gasteiger partial charge < -0.3 is 15.2 Å². The molecule has 0 amide bonds. The number of ether oxygens (including phenoxy) is 1. The van der Waals surface area contributed by atoms with Crippen LogP contribution < -0.4 is 5.32 Å². The average molecular weight is 330 g/mol. The van der Waals surface area contributed by atoms with Crippen LogP contribution in [0.4, 0.5) is 0 Å². The molecule has 5 nitrogen and oxygen atoms in total. The Morgan fingerprint density at radius 3 is 2.58 bits per heavy atom.